The number of hydrogen-bond donors (Lipinski definition) is 1. The van der Waals surface area contributed by atoms with Gasteiger partial charge < -0.3 is 10.0 Å². The summed E-state index contributed by atoms with van der Waals surface area (Å²) in [6.07, 6.45) is 2.45. The van der Waals surface area contributed by atoms with Gasteiger partial charge in [0.25, 0.3) is 0 Å². The molecular weight excluding hydrogens is 248 g/mol. The van der Waals surface area contributed by atoms with Crippen LogP contribution in [0.2, 0.25) is 0 Å². The molecular formula is C12H20N4O3. The zero-order valence-corrected chi connectivity index (χ0v) is 11.5. The van der Waals surface area contributed by atoms with E-state index in [4.69, 9.17) is 0 Å². The summed E-state index contributed by atoms with van der Waals surface area (Å²) in [6.45, 7) is 0. The molecule has 7 heteroatoms. The van der Waals surface area contributed by atoms with Crippen molar-refractivity contribution < 1.29 is 5.11 Å². The molecule has 1 N–H and O–H groups in total. The third-order valence-electron chi connectivity index (χ3n) is 3.62. The van der Waals surface area contributed by atoms with E-state index in [2.05, 4.69) is 4.98 Å². The molecule has 0 radical (unpaired) electrons. The molecule has 0 spiro atoms. The third kappa shape index (κ3) is 2.42. The molecule has 0 aliphatic heterocycles. The first-order valence-corrected chi connectivity index (χ1v) is 6.48. The molecule has 0 aromatic carbocycles. The molecule has 2 unspecified atom stereocenters. The van der Waals surface area contributed by atoms with E-state index in [9.17, 15) is 14.7 Å². The van der Waals surface area contributed by atoms with Crippen molar-refractivity contribution in [2.75, 3.05) is 19.0 Å². The largest absolute Gasteiger partial charge is 0.391 e. The number of nitrogens with zero attached hydrogens (tertiary/aromatic N) is 4. The van der Waals surface area contributed by atoms with Crippen molar-refractivity contribution in [1.82, 2.24) is 14.1 Å². The van der Waals surface area contributed by atoms with Gasteiger partial charge in [-0.05, 0) is 12.8 Å². The molecule has 1 aromatic heterocycles. The second-order valence-corrected chi connectivity index (χ2v) is 5.22. The average Bonchev–Trinajstić information content (AvgIpc) is 2.36. The van der Waals surface area contributed by atoms with Gasteiger partial charge in [-0.15, -0.1) is 0 Å². The monoisotopic (exact) mass is 268 g/mol. The topological polar surface area (TPSA) is 80.4 Å². The van der Waals surface area contributed by atoms with E-state index >= 15 is 0 Å². The summed E-state index contributed by atoms with van der Waals surface area (Å²) in [6, 6.07) is -0.455. The van der Waals surface area contributed by atoms with Gasteiger partial charge in [-0.2, -0.15) is 4.98 Å². The van der Waals surface area contributed by atoms with Gasteiger partial charge in [0, 0.05) is 21.1 Å². The standard InChI is InChI=1S/C12H20N4O3/c1-14(2)10-13-11(18)16(12(19)15(10)3)8-6-4-5-7-9(8)17/h8-9,17H,4-7H2,1-3H3. The molecule has 19 heavy (non-hydrogen) atoms. The zero-order valence-electron chi connectivity index (χ0n) is 11.5. The normalized spacial score (nSPS) is 23.4. The van der Waals surface area contributed by atoms with Gasteiger partial charge in [0.15, 0.2) is 0 Å². The number of hydrogen-bond acceptors (Lipinski definition) is 5. The first kappa shape index (κ1) is 13.8. The molecule has 1 aliphatic carbocycles. The second kappa shape index (κ2) is 5.16. The molecule has 0 bridgehead atoms. The fraction of sp³-hybridized carbons (Fsp3) is 0.750. The van der Waals surface area contributed by atoms with Gasteiger partial charge in [0.1, 0.15) is 0 Å². The van der Waals surface area contributed by atoms with E-state index < -0.39 is 23.5 Å². The van der Waals surface area contributed by atoms with Crippen LogP contribution >= 0.6 is 0 Å². The highest BCUT2D eigenvalue weighted by Crippen LogP contribution is 2.26. The Balaban J connectivity index is 2.56. The Kier molecular flexibility index (Phi) is 3.75. The summed E-state index contributed by atoms with van der Waals surface area (Å²) in [5, 5.41) is 9.99. The Morgan fingerprint density at radius 2 is 1.89 bits per heavy atom. The second-order valence-electron chi connectivity index (χ2n) is 5.22. The Morgan fingerprint density at radius 1 is 1.26 bits per heavy atom. The lowest BCUT2D eigenvalue weighted by atomic mass is 9.92. The summed E-state index contributed by atoms with van der Waals surface area (Å²) < 4.78 is 2.43. The van der Waals surface area contributed by atoms with Crippen LogP contribution in [-0.4, -0.2) is 39.4 Å². The summed E-state index contributed by atoms with van der Waals surface area (Å²) in [4.78, 5) is 29.9. The molecule has 7 nitrogen and oxygen atoms in total. The predicted molar refractivity (Wildman–Crippen MR) is 71.6 cm³/mol. The van der Waals surface area contributed by atoms with Crippen LogP contribution in [0.4, 0.5) is 5.95 Å². The molecule has 1 fully saturated rings. The zero-order chi connectivity index (χ0) is 14.2. The highest BCUT2D eigenvalue weighted by Gasteiger charge is 2.28. The third-order valence-corrected chi connectivity index (χ3v) is 3.62. The van der Waals surface area contributed by atoms with Crippen molar-refractivity contribution in [3.63, 3.8) is 0 Å². The Bertz CT molecular complexity index is 575. The molecule has 0 amide bonds. The van der Waals surface area contributed by atoms with Gasteiger partial charge in [-0.3, -0.25) is 4.57 Å². The van der Waals surface area contributed by atoms with Gasteiger partial charge in [0.05, 0.1) is 12.1 Å². The number of anilines is 1. The summed E-state index contributed by atoms with van der Waals surface area (Å²) in [5.41, 5.74) is -1.01. The maximum absolute atomic E-state index is 12.3. The molecule has 2 rings (SSSR count). The van der Waals surface area contributed by atoms with Crippen LogP contribution in [0, 0.1) is 0 Å². The van der Waals surface area contributed by atoms with E-state index in [1.54, 1.807) is 26.0 Å². The van der Waals surface area contributed by atoms with E-state index in [1.165, 1.54) is 4.57 Å². The molecule has 0 saturated heterocycles. The lowest BCUT2D eigenvalue weighted by Gasteiger charge is -2.29. The van der Waals surface area contributed by atoms with Gasteiger partial charge in [0.2, 0.25) is 5.95 Å². The molecule has 1 saturated carbocycles. The van der Waals surface area contributed by atoms with E-state index in [0.717, 1.165) is 17.4 Å². The lowest BCUT2D eigenvalue weighted by molar-refractivity contribution is 0.0700. The first-order valence-electron chi connectivity index (χ1n) is 6.48. The summed E-state index contributed by atoms with van der Waals surface area (Å²) >= 11 is 0. The quantitative estimate of drug-likeness (QED) is 0.781. The van der Waals surface area contributed by atoms with E-state index in [0.29, 0.717) is 18.8 Å². The van der Waals surface area contributed by atoms with Crippen molar-refractivity contribution in [1.29, 1.82) is 0 Å². The van der Waals surface area contributed by atoms with Crippen LogP contribution in [0.25, 0.3) is 0 Å². The predicted octanol–water partition coefficient (Wildman–Crippen LogP) is -0.516. The Morgan fingerprint density at radius 3 is 2.47 bits per heavy atom. The Labute approximate surface area is 111 Å². The maximum Gasteiger partial charge on any atom is 0.355 e. The molecule has 2 atom stereocenters. The minimum atomic E-state index is -0.647. The van der Waals surface area contributed by atoms with Crippen LogP contribution in [0.5, 0.6) is 0 Å². The van der Waals surface area contributed by atoms with Crippen LogP contribution in [0.3, 0.4) is 0 Å². The SMILES string of the molecule is CN(C)c1nc(=O)n(C2CCCCC2O)c(=O)n1C. The van der Waals surface area contributed by atoms with Crippen LogP contribution < -0.4 is 16.3 Å². The molecule has 1 heterocycles. The maximum atomic E-state index is 12.3. The van der Waals surface area contributed by atoms with E-state index in [1.807, 2.05) is 0 Å². The minimum Gasteiger partial charge on any atom is -0.391 e. The first-order chi connectivity index (χ1) is 8.93. The average molecular weight is 268 g/mol. The van der Waals surface area contributed by atoms with Crippen molar-refractivity contribution in [2.24, 2.45) is 7.05 Å². The number of aromatic nitrogens is 3. The van der Waals surface area contributed by atoms with Crippen LogP contribution in [-0.2, 0) is 7.05 Å². The van der Waals surface area contributed by atoms with Gasteiger partial charge in [-0.25, -0.2) is 14.2 Å². The van der Waals surface area contributed by atoms with Crippen LogP contribution in [0.1, 0.15) is 31.7 Å². The van der Waals surface area contributed by atoms with Crippen molar-refractivity contribution >= 4 is 5.95 Å². The highest BCUT2D eigenvalue weighted by molar-refractivity contribution is 5.25. The van der Waals surface area contributed by atoms with Gasteiger partial charge in [-0.1, -0.05) is 12.8 Å². The number of aliphatic hydroxyl groups excluding tert-OH is 1. The number of aliphatic hydroxyl groups is 1. The minimum absolute atomic E-state index is 0.316. The summed E-state index contributed by atoms with van der Waals surface area (Å²) in [5.74, 6) is 0.316. The van der Waals surface area contributed by atoms with Crippen molar-refractivity contribution in [2.45, 2.75) is 37.8 Å². The lowest BCUT2D eigenvalue weighted by Crippen LogP contribution is -2.48. The van der Waals surface area contributed by atoms with Gasteiger partial charge >= 0.3 is 11.4 Å². The van der Waals surface area contributed by atoms with E-state index in [-0.39, 0.29) is 0 Å². The highest BCUT2D eigenvalue weighted by atomic mass is 16.3. The fourth-order valence-electron chi connectivity index (χ4n) is 2.62. The fourth-order valence-corrected chi connectivity index (χ4v) is 2.62. The Hall–Kier alpha value is -1.63. The number of rotatable bonds is 2. The van der Waals surface area contributed by atoms with Crippen molar-refractivity contribution in [3.05, 3.63) is 21.0 Å². The molecule has 1 aliphatic rings. The molecule has 106 valence electrons. The molecule has 1 aromatic rings. The van der Waals surface area contributed by atoms with Crippen LogP contribution in [0.15, 0.2) is 9.59 Å². The summed E-state index contributed by atoms with van der Waals surface area (Å²) in [7, 11) is 5.03. The van der Waals surface area contributed by atoms with Crippen molar-refractivity contribution in [3.8, 4) is 0 Å². The smallest absolute Gasteiger partial charge is 0.355 e.